The minimum Gasteiger partial charge on any atom is -0.314 e. The lowest BCUT2D eigenvalue weighted by molar-refractivity contribution is 0.201. The molecule has 2 saturated heterocycles. The van der Waals surface area contributed by atoms with Crippen LogP contribution >= 0.6 is 0 Å². The Morgan fingerprint density at radius 2 is 1.74 bits per heavy atom. The van der Waals surface area contributed by atoms with Gasteiger partial charge in [0.1, 0.15) is 0 Å². The maximum absolute atomic E-state index is 5.75. The molecular weight excluding hydrogens is 240 g/mol. The van der Waals surface area contributed by atoms with Crippen LogP contribution in [0.1, 0.15) is 12.8 Å². The standard InChI is InChI=1S/C13H30N6/c14-19-8-1-13(2-9-19)17-4-3-15-5-10-18-11-6-16-7-12-18/h13,15-17H,1-12,14H2. The number of nitrogens with two attached hydrogens (primary N) is 1. The largest absolute Gasteiger partial charge is 0.314 e. The molecule has 0 bridgehead atoms. The van der Waals surface area contributed by atoms with Gasteiger partial charge in [-0.05, 0) is 12.8 Å². The lowest BCUT2D eigenvalue weighted by Gasteiger charge is -2.29. The Bertz CT molecular complexity index is 223. The fraction of sp³-hybridized carbons (Fsp3) is 1.00. The lowest BCUT2D eigenvalue weighted by atomic mass is 10.1. The van der Waals surface area contributed by atoms with Gasteiger partial charge in [-0.2, -0.15) is 0 Å². The maximum atomic E-state index is 5.75. The molecule has 0 spiro atoms. The highest BCUT2D eigenvalue weighted by molar-refractivity contribution is 4.75. The monoisotopic (exact) mass is 270 g/mol. The van der Waals surface area contributed by atoms with Gasteiger partial charge < -0.3 is 16.0 Å². The summed E-state index contributed by atoms with van der Waals surface area (Å²) in [6, 6.07) is 0.662. The Balaban J connectivity index is 1.39. The van der Waals surface area contributed by atoms with Crippen LogP contribution in [0.15, 0.2) is 0 Å². The summed E-state index contributed by atoms with van der Waals surface area (Å²) in [7, 11) is 0. The number of hydrogen-bond acceptors (Lipinski definition) is 6. The third-order valence-corrected chi connectivity index (χ3v) is 4.08. The number of piperazine rings is 1. The van der Waals surface area contributed by atoms with Crippen LogP contribution in [0.2, 0.25) is 0 Å². The third kappa shape index (κ3) is 6.16. The number of rotatable bonds is 7. The van der Waals surface area contributed by atoms with Crippen molar-refractivity contribution in [2.75, 3.05) is 65.4 Å². The van der Waals surface area contributed by atoms with E-state index in [1.165, 1.54) is 32.5 Å². The SMILES string of the molecule is NN1CCC(NCCNCCN2CCNCC2)CC1. The molecule has 0 aromatic heterocycles. The number of nitrogens with one attached hydrogen (secondary N) is 3. The van der Waals surface area contributed by atoms with Gasteiger partial charge in [0.2, 0.25) is 0 Å². The first kappa shape index (κ1) is 15.2. The van der Waals surface area contributed by atoms with Gasteiger partial charge in [-0.15, -0.1) is 0 Å². The molecule has 6 nitrogen and oxygen atoms in total. The fourth-order valence-electron chi connectivity index (χ4n) is 2.77. The summed E-state index contributed by atoms with van der Waals surface area (Å²) in [5, 5.41) is 12.4. The molecule has 0 unspecified atom stereocenters. The number of hydrogen-bond donors (Lipinski definition) is 4. The zero-order chi connectivity index (χ0) is 13.3. The van der Waals surface area contributed by atoms with Gasteiger partial charge in [-0.1, -0.05) is 0 Å². The van der Waals surface area contributed by atoms with Crippen molar-refractivity contribution >= 4 is 0 Å². The van der Waals surface area contributed by atoms with Crippen LogP contribution in [0.4, 0.5) is 0 Å². The van der Waals surface area contributed by atoms with Gasteiger partial charge in [-0.25, -0.2) is 5.01 Å². The first-order valence-electron chi connectivity index (χ1n) is 7.71. The Hall–Kier alpha value is -0.240. The zero-order valence-electron chi connectivity index (χ0n) is 12.0. The summed E-state index contributed by atoms with van der Waals surface area (Å²) in [6.07, 6.45) is 2.36. The van der Waals surface area contributed by atoms with E-state index in [9.17, 15) is 0 Å². The second kappa shape index (κ2) is 8.84. The fourth-order valence-corrected chi connectivity index (χ4v) is 2.77. The average Bonchev–Trinajstić information content (AvgIpc) is 2.46. The van der Waals surface area contributed by atoms with Crippen LogP contribution in [0.5, 0.6) is 0 Å². The van der Waals surface area contributed by atoms with E-state index in [-0.39, 0.29) is 0 Å². The van der Waals surface area contributed by atoms with Crippen LogP contribution in [-0.2, 0) is 0 Å². The Kier molecular flexibility index (Phi) is 7.05. The predicted molar refractivity (Wildman–Crippen MR) is 79.0 cm³/mol. The van der Waals surface area contributed by atoms with Crippen molar-refractivity contribution in [1.29, 1.82) is 0 Å². The van der Waals surface area contributed by atoms with Crippen molar-refractivity contribution in [3.8, 4) is 0 Å². The van der Waals surface area contributed by atoms with Crippen LogP contribution < -0.4 is 21.8 Å². The normalized spacial score (nSPS) is 23.8. The Morgan fingerprint density at radius 3 is 2.47 bits per heavy atom. The molecule has 112 valence electrons. The number of piperidine rings is 1. The molecule has 2 aliphatic heterocycles. The number of hydrazine groups is 1. The third-order valence-electron chi connectivity index (χ3n) is 4.08. The average molecular weight is 270 g/mol. The van der Waals surface area contributed by atoms with E-state index in [0.29, 0.717) is 6.04 Å². The molecule has 0 aromatic carbocycles. The van der Waals surface area contributed by atoms with Gasteiger partial charge in [0.05, 0.1) is 0 Å². The predicted octanol–water partition coefficient (Wildman–Crippen LogP) is -1.59. The molecule has 2 fully saturated rings. The summed E-state index contributed by atoms with van der Waals surface area (Å²) in [5.74, 6) is 5.75. The van der Waals surface area contributed by atoms with Crippen molar-refractivity contribution in [2.45, 2.75) is 18.9 Å². The van der Waals surface area contributed by atoms with Gasteiger partial charge in [-0.3, -0.25) is 10.7 Å². The summed E-state index contributed by atoms with van der Waals surface area (Å²) in [5.41, 5.74) is 0. The topological polar surface area (TPSA) is 68.6 Å². The van der Waals surface area contributed by atoms with Gasteiger partial charge in [0.25, 0.3) is 0 Å². The second-order valence-electron chi connectivity index (χ2n) is 5.61. The minimum atomic E-state index is 0.662. The number of nitrogens with zero attached hydrogens (tertiary/aromatic N) is 2. The van der Waals surface area contributed by atoms with Crippen molar-refractivity contribution in [2.24, 2.45) is 5.84 Å². The molecule has 0 amide bonds. The molecule has 0 aromatic rings. The van der Waals surface area contributed by atoms with E-state index in [1.54, 1.807) is 0 Å². The van der Waals surface area contributed by atoms with Crippen molar-refractivity contribution in [1.82, 2.24) is 25.9 Å². The van der Waals surface area contributed by atoms with Crippen LogP contribution in [0.3, 0.4) is 0 Å². The van der Waals surface area contributed by atoms with Crippen LogP contribution in [-0.4, -0.2) is 81.4 Å². The van der Waals surface area contributed by atoms with Gasteiger partial charge in [0, 0.05) is 71.5 Å². The minimum absolute atomic E-state index is 0.662. The quantitative estimate of drug-likeness (QED) is 0.330. The van der Waals surface area contributed by atoms with E-state index in [1.807, 2.05) is 5.01 Å². The lowest BCUT2D eigenvalue weighted by Crippen LogP contribution is -2.47. The Morgan fingerprint density at radius 1 is 1.00 bits per heavy atom. The molecule has 6 heteroatoms. The molecule has 0 saturated carbocycles. The zero-order valence-corrected chi connectivity index (χ0v) is 12.0. The molecule has 2 heterocycles. The molecule has 0 radical (unpaired) electrons. The van der Waals surface area contributed by atoms with Crippen LogP contribution in [0.25, 0.3) is 0 Å². The van der Waals surface area contributed by atoms with Gasteiger partial charge in [0.15, 0.2) is 0 Å². The second-order valence-corrected chi connectivity index (χ2v) is 5.61. The molecule has 2 aliphatic rings. The first-order valence-corrected chi connectivity index (χ1v) is 7.71. The molecular formula is C13H30N6. The van der Waals surface area contributed by atoms with E-state index < -0.39 is 0 Å². The van der Waals surface area contributed by atoms with E-state index >= 15 is 0 Å². The highest BCUT2D eigenvalue weighted by Gasteiger charge is 2.15. The molecule has 0 aliphatic carbocycles. The van der Waals surface area contributed by atoms with E-state index in [4.69, 9.17) is 5.84 Å². The molecule has 19 heavy (non-hydrogen) atoms. The smallest absolute Gasteiger partial charge is 0.0143 e. The highest BCUT2D eigenvalue weighted by Crippen LogP contribution is 2.05. The molecule has 2 rings (SSSR count). The van der Waals surface area contributed by atoms with Crippen molar-refractivity contribution in [3.05, 3.63) is 0 Å². The summed E-state index contributed by atoms with van der Waals surface area (Å²) >= 11 is 0. The summed E-state index contributed by atoms with van der Waals surface area (Å²) < 4.78 is 0. The molecule has 0 atom stereocenters. The first-order chi connectivity index (χ1) is 9.34. The van der Waals surface area contributed by atoms with E-state index in [2.05, 4.69) is 20.9 Å². The highest BCUT2D eigenvalue weighted by atomic mass is 15.4. The summed E-state index contributed by atoms with van der Waals surface area (Å²) in [4.78, 5) is 2.52. The van der Waals surface area contributed by atoms with Crippen molar-refractivity contribution < 1.29 is 0 Å². The van der Waals surface area contributed by atoms with Crippen LogP contribution in [0, 0.1) is 0 Å². The maximum Gasteiger partial charge on any atom is 0.0143 e. The van der Waals surface area contributed by atoms with Gasteiger partial charge >= 0.3 is 0 Å². The Labute approximate surface area is 117 Å². The van der Waals surface area contributed by atoms with Crippen molar-refractivity contribution in [3.63, 3.8) is 0 Å². The summed E-state index contributed by atoms with van der Waals surface area (Å²) in [6.45, 7) is 11.1. The van der Waals surface area contributed by atoms with E-state index in [0.717, 1.165) is 45.8 Å². The molecule has 5 N–H and O–H groups in total.